The van der Waals surface area contributed by atoms with E-state index in [1.54, 1.807) is 11.3 Å². The molecule has 0 fully saturated rings. The summed E-state index contributed by atoms with van der Waals surface area (Å²) < 4.78 is 6.87. The van der Waals surface area contributed by atoms with Gasteiger partial charge in [0.15, 0.2) is 0 Å². The van der Waals surface area contributed by atoms with Crippen molar-refractivity contribution in [2.75, 3.05) is 0 Å². The number of fused-ring (bicyclic) bond motifs is 1. The molecule has 19 heavy (non-hydrogen) atoms. The lowest BCUT2D eigenvalue weighted by atomic mass is 10.1. The average Bonchev–Trinajstić information content (AvgIpc) is 2.82. The largest absolute Gasteiger partial charge is 0.486 e. The highest BCUT2D eigenvalue weighted by Gasteiger charge is 2.02. The number of nitrogens with zero attached hydrogens (tertiary/aromatic N) is 1. The van der Waals surface area contributed by atoms with Crippen LogP contribution < -0.4 is 4.74 Å². The van der Waals surface area contributed by atoms with Crippen molar-refractivity contribution in [3.63, 3.8) is 0 Å². The Labute approximate surface area is 124 Å². The molecule has 0 spiro atoms. The highest BCUT2D eigenvalue weighted by atomic mass is 79.9. The average molecular weight is 334 g/mol. The standard InChI is InChI=1S/C15H12BrNOS/c1-10-9-19-15(17-10)8-18-14-5-3-11-6-13(16)4-2-12(11)7-14/h2-7,9H,8H2,1H3. The number of hydrogen-bond acceptors (Lipinski definition) is 3. The first-order valence-corrected chi connectivity index (χ1v) is 7.61. The van der Waals surface area contributed by atoms with E-state index < -0.39 is 0 Å². The molecule has 0 aliphatic rings. The monoisotopic (exact) mass is 333 g/mol. The fourth-order valence-corrected chi connectivity index (χ4v) is 2.96. The van der Waals surface area contributed by atoms with Crippen molar-refractivity contribution in [3.8, 4) is 5.75 Å². The van der Waals surface area contributed by atoms with Crippen LogP contribution in [0.5, 0.6) is 5.75 Å². The van der Waals surface area contributed by atoms with Gasteiger partial charge in [0.1, 0.15) is 17.4 Å². The van der Waals surface area contributed by atoms with Crippen molar-refractivity contribution in [2.45, 2.75) is 13.5 Å². The maximum absolute atomic E-state index is 5.78. The molecular formula is C15H12BrNOS. The van der Waals surface area contributed by atoms with Crippen molar-refractivity contribution < 1.29 is 4.74 Å². The van der Waals surface area contributed by atoms with Gasteiger partial charge >= 0.3 is 0 Å². The highest BCUT2D eigenvalue weighted by molar-refractivity contribution is 9.10. The number of hydrogen-bond donors (Lipinski definition) is 0. The first-order chi connectivity index (χ1) is 9.20. The third kappa shape index (κ3) is 2.96. The topological polar surface area (TPSA) is 22.1 Å². The van der Waals surface area contributed by atoms with E-state index in [9.17, 15) is 0 Å². The van der Waals surface area contributed by atoms with E-state index in [2.05, 4.69) is 45.2 Å². The SMILES string of the molecule is Cc1csc(COc2ccc3cc(Br)ccc3c2)n1. The van der Waals surface area contributed by atoms with Crippen molar-refractivity contribution in [2.24, 2.45) is 0 Å². The van der Waals surface area contributed by atoms with Crippen molar-refractivity contribution in [1.82, 2.24) is 4.98 Å². The van der Waals surface area contributed by atoms with Crippen LogP contribution in [0.3, 0.4) is 0 Å². The zero-order valence-electron chi connectivity index (χ0n) is 10.4. The summed E-state index contributed by atoms with van der Waals surface area (Å²) in [5, 5.41) is 5.42. The fraction of sp³-hybridized carbons (Fsp3) is 0.133. The first-order valence-electron chi connectivity index (χ1n) is 5.94. The summed E-state index contributed by atoms with van der Waals surface area (Å²) in [4.78, 5) is 4.39. The number of thiazole rings is 1. The lowest BCUT2D eigenvalue weighted by Crippen LogP contribution is -1.94. The molecule has 96 valence electrons. The second-order valence-corrected chi connectivity index (χ2v) is 6.18. The van der Waals surface area contributed by atoms with Crippen LogP contribution in [-0.2, 0) is 6.61 Å². The molecule has 0 radical (unpaired) electrons. The van der Waals surface area contributed by atoms with Gasteiger partial charge in [-0.2, -0.15) is 0 Å². The van der Waals surface area contributed by atoms with E-state index >= 15 is 0 Å². The minimum atomic E-state index is 0.528. The molecule has 0 bridgehead atoms. The van der Waals surface area contributed by atoms with Crippen LogP contribution >= 0.6 is 27.3 Å². The Morgan fingerprint density at radius 2 is 1.95 bits per heavy atom. The Balaban J connectivity index is 1.79. The number of aromatic nitrogens is 1. The molecule has 0 aliphatic carbocycles. The Morgan fingerprint density at radius 1 is 1.16 bits per heavy atom. The minimum absolute atomic E-state index is 0.528. The smallest absolute Gasteiger partial charge is 0.140 e. The van der Waals surface area contributed by atoms with Crippen LogP contribution in [0.4, 0.5) is 0 Å². The number of benzene rings is 2. The Morgan fingerprint density at radius 3 is 2.74 bits per heavy atom. The summed E-state index contributed by atoms with van der Waals surface area (Å²) in [5.41, 5.74) is 1.05. The van der Waals surface area contributed by atoms with E-state index in [0.29, 0.717) is 6.61 Å². The van der Waals surface area contributed by atoms with Gasteiger partial charge in [-0.25, -0.2) is 4.98 Å². The van der Waals surface area contributed by atoms with E-state index in [1.165, 1.54) is 10.8 Å². The van der Waals surface area contributed by atoms with Crippen LogP contribution in [0.2, 0.25) is 0 Å². The molecule has 0 saturated carbocycles. The van der Waals surface area contributed by atoms with E-state index in [0.717, 1.165) is 20.9 Å². The molecule has 0 unspecified atom stereocenters. The van der Waals surface area contributed by atoms with Crippen LogP contribution in [0.15, 0.2) is 46.3 Å². The van der Waals surface area contributed by atoms with Crippen molar-refractivity contribution >= 4 is 38.0 Å². The minimum Gasteiger partial charge on any atom is -0.486 e. The molecule has 2 aromatic carbocycles. The highest BCUT2D eigenvalue weighted by Crippen LogP contribution is 2.24. The predicted octanol–water partition coefficient (Wildman–Crippen LogP) is 4.95. The molecule has 3 aromatic rings. The molecule has 1 heterocycles. The quantitative estimate of drug-likeness (QED) is 0.676. The maximum atomic E-state index is 5.78. The Kier molecular flexibility index (Phi) is 3.53. The van der Waals surface area contributed by atoms with Crippen LogP contribution in [0.1, 0.15) is 10.7 Å². The Bertz CT molecular complexity index is 723. The van der Waals surface area contributed by atoms with Gasteiger partial charge < -0.3 is 4.74 Å². The predicted molar refractivity (Wildman–Crippen MR) is 82.8 cm³/mol. The third-order valence-corrected chi connectivity index (χ3v) is 4.24. The number of halogens is 1. The van der Waals surface area contributed by atoms with E-state index in [4.69, 9.17) is 4.74 Å². The van der Waals surface area contributed by atoms with Crippen LogP contribution in [0.25, 0.3) is 10.8 Å². The molecule has 3 rings (SSSR count). The zero-order chi connectivity index (χ0) is 13.2. The van der Waals surface area contributed by atoms with Crippen LogP contribution in [-0.4, -0.2) is 4.98 Å². The molecule has 4 heteroatoms. The summed E-state index contributed by atoms with van der Waals surface area (Å²) in [5.74, 6) is 0.877. The van der Waals surface area contributed by atoms with Gasteiger partial charge in [-0.1, -0.05) is 28.1 Å². The molecule has 0 aliphatic heterocycles. The molecule has 1 aromatic heterocycles. The number of rotatable bonds is 3. The molecular weight excluding hydrogens is 322 g/mol. The summed E-state index contributed by atoms with van der Waals surface area (Å²) in [6.45, 7) is 2.52. The summed E-state index contributed by atoms with van der Waals surface area (Å²) in [6, 6.07) is 12.3. The first kappa shape index (κ1) is 12.6. The molecule has 0 amide bonds. The zero-order valence-corrected chi connectivity index (χ0v) is 12.8. The van der Waals surface area contributed by atoms with Crippen molar-refractivity contribution in [3.05, 3.63) is 57.0 Å². The summed E-state index contributed by atoms with van der Waals surface area (Å²) in [7, 11) is 0. The number of ether oxygens (including phenoxy) is 1. The van der Waals surface area contributed by atoms with Gasteiger partial charge in [0, 0.05) is 15.5 Å². The van der Waals surface area contributed by atoms with Gasteiger partial charge in [-0.3, -0.25) is 0 Å². The van der Waals surface area contributed by atoms with Gasteiger partial charge in [0.05, 0.1) is 0 Å². The van der Waals surface area contributed by atoms with Crippen molar-refractivity contribution in [1.29, 1.82) is 0 Å². The normalized spacial score (nSPS) is 10.8. The summed E-state index contributed by atoms with van der Waals surface area (Å²) in [6.07, 6.45) is 0. The second-order valence-electron chi connectivity index (χ2n) is 4.32. The lowest BCUT2D eigenvalue weighted by molar-refractivity contribution is 0.306. The van der Waals surface area contributed by atoms with Gasteiger partial charge in [-0.05, 0) is 42.0 Å². The van der Waals surface area contributed by atoms with E-state index in [-0.39, 0.29) is 0 Å². The van der Waals surface area contributed by atoms with Gasteiger partial charge in [0.25, 0.3) is 0 Å². The van der Waals surface area contributed by atoms with E-state index in [1.807, 2.05) is 24.4 Å². The summed E-state index contributed by atoms with van der Waals surface area (Å²) >= 11 is 5.11. The molecule has 0 saturated heterocycles. The van der Waals surface area contributed by atoms with Gasteiger partial charge in [0.2, 0.25) is 0 Å². The Hall–Kier alpha value is -1.39. The second kappa shape index (κ2) is 5.31. The van der Waals surface area contributed by atoms with Gasteiger partial charge in [-0.15, -0.1) is 11.3 Å². The fourth-order valence-electron chi connectivity index (χ4n) is 1.90. The molecule has 0 atom stereocenters. The lowest BCUT2D eigenvalue weighted by Gasteiger charge is -2.06. The third-order valence-electron chi connectivity index (χ3n) is 2.80. The van der Waals surface area contributed by atoms with Crippen LogP contribution in [0, 0.1) is 6.92 Å². The molecule has 2 nitrogen and oxygen atoms in total. The molecule has 0 N–H and O–H groups in total. The maximum Gasteiger partial charge on any atom is 0.140 e. The number of aryl methyl sites for hydroxylation is 1.